The molecular weight excluding hydrogens is 324 g/mol. The Kier molecular flexibility index (Phi) is 5.18. The molecule has 8 nitrogen and oxygen atoms in total. The molecule has 0 spiro atoms. The predicted molar refractivity (Wildman–Crippen MR) is 89.5 cm³/mol. The van der Waals surface area contributed by atoms with Gasteiger partial charge in [-0.25, -0.2) is 0 Å². The van der Waals surface area contributed by atoms with Crippen LogP contribution in [0.4, 0.5) is 0 Å². The largest absolute Gasteiger partial charge is 0.493 e. The summed E-state index contributed by atoms with van der Waals surface area (Å²) < 4.78 is 16.1. The third-order valence-corrected chi connectivity index (χ3v) is 4.25. The Balaban J connectivity index is 1.62. The van der Waals surface area contributed by atoms with Gasteiger partial charge in [0.1, 0.15) is 6.04 Å². The Morgan fingerprint density at radius 2 is 2.08 bits per heavy atom. The van der Waals surface area contributed by atoms with Crippen LogP contribution in [0, 0.1) is 6.92 Å². The lowest BCUT2D eigenvalue weighted by Gasteiger charge is -2.37. The highest BCUT2D eigenvalue weighted by Crippen LogP contribution is 2.26. The van der Waals surface area contributed by atoms with E-state index in [1.165, 1.54) is 0 Å². The van der Waals surface area contributed by atoms with Gasteiger partial charge >= 0.3 is 0 Å². The number of aryl methyl sites for hydroxylation is 1. The summed E-state index contributed by atoms with van der Waals surface area (Å²) in [5.41, 5.74) is 0. The van der Waals surface area contributed by atoms with Crippen molar-refractivity contribution in [2.75, 3.05) is 40.4 Å². The number of amides is 1. The first-order valence-electron chi connectivity index (χ1n) is 8.12. The van der Waals surface area contributed by atoms with Gasteiger partial charge in [-0.1, -0.05) is 17.3 Å². The van der Waals surface area contributed by atoms with Crippen molar-refractivity contribution in [2.45, 2.75) is 13.0 Å². The lowest BCUT2D eigenvalue weighted by molar-refractivity contribution is -0.136. The van der Waals surface area contributed by atoms with E-state index in [1.54, 1.807) is 31.1 Å². The molecule has 1 saturated heterocycles. The van der Waals surface area contributed by atoms with Crippen molar-refractivity contribution >= 4 is 5.91 Å². The highest BCUT2D eigenvalue weighted by molar-refractivity contribution is 5.78. The average molecular weight is 346 g/mol. The molecule has 1 aromatic heterocycles. The molecule has 0 radical (unpaired) electrons. The maximum Gasteiger partial charge on any atom is 0.260 e. The highest BCUT2D eigenvalue weighted by Gasteiger charge is 2.32. The Bertz CT molecular complexity index is 733. The van der Waals surface area contributed by atoms with Crippen LogP contribution in [0.2, 0.25) is 0 Å². The molecule has 25 heavy (non-hydrogen) atoms. The summed E-state index contributed by atoms with van der Waals surface area (Å²) in [6.07, 6.45) is 0. The molecule has 1 aromatic carbocycles. The molecule has 1 atom stereocenters. The molecule has 1 aliphatic rings. The Morgan fingerprint density at radius 3 is 2.76 bits per heavy atom. The number of benzene rings is 1. The molecule has 1 aliphatic heterocycles. The maximum absolute atomic E-state index is 12.5. The van der Waals surface area contributed by atoms with Crippen LogP contribution in [0.15, 0.2) is 28.8 Å². The summed E-state index contributed by atoms with van der Waals surface area (Å²) in [5, 5.41) is 3.84. The molecule has 0 unspecified atom stereocenters. The predicted octanol–water partition coefficient (Wildman–Crippen LogP) is 1.28. The number of carbonyl (C=O) groups is 1. The number of nitrogens with zero attached hydrogens (tertiary/aromatic N) is 4. The number of piperazine rings is 1. The van der Waals surface area contributed by atoms with Crippen molar-refractivity contribution in [3.8, 4) is 11.5 Å². The second kappa shape index (κ2) is 7.52. The van der Waals surface area contributed by atoms with E-state index >= 15 is 0 Å². The van der Waals surface area contributed by atoms with Gasteiger partial charge in [0.2, 0.25) is 5.89 Å². The van der Waals surface area contributed by atoms with Crippen molar-refractivity contribution in [3.63, 3.8) is 0 Å². The molecule has 0 N–H and O–H groups in total. The zero-order chi connectivity index (χ0) is 17.8. The Morgan fingerprint density at radius 1 is 1.32 bits per heavy atom. The molecule has 2 heterocycles. The van der Waals surface area contributed by atoms with Crippen LogP contribution >= 0.6 is 0 Å². The van der Waals surface area contributed by atoms with Crippen LogP contribution < -0.4 is 9.47 Å². The molecule has 134 valence electrons. The number of carbonyl (C=O) groups excluding carboxylic acids is 1. The van der Waals surface area contributed by atoms with Gasteiger partial charge in [0.25, 0.3) is 5.91 Å². The molecule has 3 rings (SSSR count). The summed E-state index contributed by atoms with van der Waals surface area (Å²) in [6, 6.07) is 7.16. The van der Waals surface area contributed by atoms with Gasteiger partial charge in [-0.3, -0.25) is 9.69 Å². The third-order valence-electron chi connectivity index (χ3n) is 4.25. The van der Waals surface area contributed by atoms with E-state index in [0.29, 0.717) is 36.3 Å². The SMILES string of the molecule is COc1ccccc1OCC(=O)N1CCN(C)[C@H](c2nc(C)no2)C1. The minimum atomic E-state index is -0.106. The van der Waals surface area contributed by atoms with Crippen molar-refractivity contribution < 1.29 is 18.8 Å². The second-order valence-corrected chi connectivity index (χ2v) is 5.96. The number of methoxy groups -OCH3 is 1. The van der Waals surface area contributed by atoms with Crippen LogP contribution in [0.5, 0.6) is 11.5 Å². The standard InChI is InChI=1S/C17H22N4O4/c1-12-18-17(25-19-12)13-10-21(9-8-20(13)2)16(22)11-24-15-7-5-4-6-14(15)23-3/h4-7,13H,8-11H2,1-3H3/t13-/m0/s1. The van der Waals surface area contributed by atoms with Gasteiger partial charge < -0.3 is 18.9 Å². The fraction of sp³-hybridized carbons (Fsp3) is 0.471. The van der Waals surface area contributed by atoms with E-state index in [4.69, 9.17) is 14.0 Å². The normalized spacial score (nSPS) is 18.2. The van der Waals surface area contributed by atoms with Gasteiger partial charge in [-0.15, -0.1) is 0 Å². The van der Waals surface area contributed by atoms with E-state index in [-0.39, 0.29) is 18.6 Å². The van der Waals surface area contributed by atoms with Gasteiger partial charge in [-0.2, -0.15) is 4.98 Å². The number of hydrogen-bond acceptors (Lipinski definition) is 7. The average Bonchev–Trinajstić information content (AvgIpc) is 3.06. The zero-order valence-corrected chi connectivity index (χ0v) is 14.6. The quantitative estimate of drug-likeness (QED) is 0.807. The summed E-state index contributed by atoms with van der Waals surface area (Å²) in [6.45, 7) is 3.59. The number of aromatic nitrogens is 2. The van der Waals surface area contributed by atoms with Crippen LogP contribution in [-0.4, -0.2) is 66.2 Å². The summed E-state index contributed by atoms with van der Waals surface area (Å²) >= 11 is 0. The van der Waals surface area contributed by atoms with E-state index in [2.05, 4.69) is 15.0 Å². The first kappa shape index (κ1) is 17.2. The summed E-state index contributed by atoms with van der Waals surface area (Å²) in [7, 11) is 3.55. The molecule has 1 amide bonds. The molecule has 0 aliphatic carbocycles. The smallest absolute Gasteiger partial charge is 0.260 e. The number of hydrogen-bond donors (Lipinski definition) is 0. The van der Waals surface area contributed by atoms with Gasteiger partial charge in [0.05, 0.1) is 7.11 Å². The van der Waals surface area contributed by atoms with Crippen molar-refractivity contribution in [3.05, 3.63) is 36.0 Å². The molecular formula is C17H22N4O4. The number of ether oxygens (including phenoxy) is 2. The highest BCUT2D eigenvalue weighted by atomic mass is 16.5. The fourth-order valence-corrected chi connectivity index (χ4v) is 2.78. The first-order chi connectivity index (χ1) is 12.1. The van der Waals surface area contributed by atoms with Crippen molar-refractivity contribution in [1.82, 2.24) is 19.9 Å². The molecule has 0 bridgehead atoms. The summed E-state index contributed by atoms with van der Waals surface area (Å²) in [4.78, 5) is 20.7. The van der Waals surface area contributed by atoms with Gasteiger partial charge in [-0.05, 0) is 26.1 Å². The number of para-hydroxylation sites is 2. The lowest BCUT2D eigenvalue weighted by Crippen LogP contribution is -2.50. The van der Waals surface area contributed by atoms with Gasteiger partial charge in [0.15, 0.2) is 23.9 Å². The molecule has 1 fully saturated rings. The first-order valence-corrected chi connectivity index (χ1v) is 8.12. The lowest BCUT2D eigenvalue weighted by atomic mass is 10.1. The monoisotopic (exact) mass is 346 g/mol. The number of likely N-dealkylation sites (N-methyl/N-ethyl adjacent to an activating group) is 1. The molecule has 8 heteroatoms. The minimum absolute atomic E-state index is 0.0420. The van der Waals surface area contributed by atoms with Crippen LogP contribution in [0.3, 0.4) is 0 Å². The van der Waals surface area contributed by atoms with E-state index in [0.717, 1.165) is 6.54 Å². The van der Waals surface area contributed by atoms with Crippen molar-refractivity contribution in [2.24, 2.45) is 0 Å². The van der Waals surface area contributed by atoms with Crippen LogP contribution in [0.25, 0.3) is 0 Å². The molecule has 2 aromatic rings. The minimum Gasteiger partial charge on any atom is -0.493 e. The Hall–Kier alpha value is -2.61. The van der Waals surface area contributed by atoms with Crippen LogP contribution in [0.1, 0.15) is 17.8 Å². The molecule has 0 saturated carbocycles. The van der Waals surface area contributed by atoms with Gasteiger partial charge in [0, 0.05) is 19.6 Å². The van der Waals surface area contributed by atoms with Crippen molar-refractivity contribution in [1.29, 1.82) is 0 Å². The second-order valence-electron chi connectivity index (χ2n) is 5.96. The topological polar surface area (TPSA) is 80.9 Å². The van der Waals surface area contributed by atoms with E-state index in [1.807, 2.05) is 19.2 Å². The Labute approximate surface area is 146 Å². The third kappa shape index (κ3) is 3.90. The summed E-state index contributed by atoms with van der Waals surface area (Å²) in [5.74, 6) is 2.19. The fourth-order valence-electron chi connectivity index (χ4n) is 2.78. The number of rotatable bonds is 5. The maximum atomic E-state index is 12.5. The zero-order valence-electron chi connectivity index (χ0n) is 14.6. The van der Waals surface area contributed by atoms with E-state index < -0.39 is 0 Å². The van der Waals surface area contributed by atoms with E-state index in [9.17, 15) is 4.79 Å². The van der Waals surface area contributed by atoms with Crippen LogP contribution in [-0.2, 0) is 4.79 Å².